The molecule has 2 unspecified atom stereocenters. The number of aliphatic hydroxyl groups is 1. The van der Waals surface area contributed by atoms with E-state index >= 15 is 0 Å². The van der Waals surface area contributed by atoms with Crippen molar-refractivity contribution in [1.29, 1.82) is 0 Å². The second-order valence-electron chi connectivity index (χ2n) is 5.78. The van der Waals surface area contributed by atoms with Gasteiger partial charge in [0, 0.05) is 18.6 Å². The van der Waals surface area contributed by atoms with Crippen molar-refractivity contribution in [2.75, 3.05) is 19.7 Å². The number of unbranched alkanes of at least 4 members (excludes halogenated alkanes) is 1. The number of hydrogen-bond acceptors (Lipinski definition) is 3. The van der Waals surface area contributed by atoms with Crippen LogP contribution in [0.25, 0.3) is 0 Å². The van der Waals surface area contributed by atoms with E-state index in [1.165, 1.54) is 12.8 Å². The molecule has 0 aliphatic rings. The van der Waals surface area contributed by atoms with Gasteiger partial charge in [-0.25, -0.2) is 0 Å². The minimum Gasteiger partial charge on any atom is -0.395 e. The van der Waals surface area contributed by atoms with Crippen LogP contribution in [0.15, 0.2) is 0 Å². The number of nitrogens with zero attached hydrogens (tertiary/aromatic N) is 1. The van der Waals surface area contributed by atoms with Crippen molar-refractivity contribution >= 4 is 0 Å². The van der Waals surface area contributed by atoms with Crippen LogP contribution in [0, 0.1) is 5.41 Å². The van der Waals surface area contributed by atoms with Crippen LogP contribution in [0.4, 0.5) is 0 Å². The van der Waals surface area contributed by atoms with Crippen LogP contribution < -0.4 is 5.73 Å². The van der Waals surface area contributed by atoms with Crippen LogP contribution in [-0.4, -0.2) is 41.8 Å². The first-order chi connectivity index (χ1) is 7.34. The van der Waals surface area contributed by atoms with Crippen molar-refractivity contribution in [2.24, 2.45) is 11.1 Å². The lowest BCUT2D eigenvalue weighted by Gasteiger charge is -2.42. The maximum absolute atomic E-state index is 9.15. The molecule has 0 rings (SSSR count). The van der Waals surface area contributed by atoms with Gasteiger partial charge < -0.3 is 10.8 Å². The maximum Gasteiger partial charge on any atom is 0.0558 e. The molecular formula is C13H30N2O. The van der Waals surface area contributed by atoms with E-state index in [9.17, 15) is 0 Å². The molecule has 0 fully saturated rings. The molecule has 0 saturated carbocycles. The number of rotatable bonds is 7. The lowest BCUT2D eigenvalue weighted by atomic mass is 9.81. The van der Waals surface area contributed by atoms with Gasteiger partial charge in [-0.15, -0.1) is 0 Å². The first kappa shape index (κ1) is 15.9. The summed E-state index contributed by atoms with van der Waals surface area (Å²) in [5.41, 5.74) is 6.25. The lowest BCUT2D eigenvalue weighted by Crippen LogP contribution is -2.54. The summed E-state index contributed by atoms with van der Waals surface area (Å²) in [5.74, 6) is 0. The Morgan fingerprint density at radius 2 is 1.81 bits per heavy atom. The standard InChI is InChI=1S/C13H30N2O/c1-6-7-8-15(9-10-16)12(11(2)14)13(3,4)5/h11-12,16H,6-10,14H2,1-5H3. The van der Waals surface area contributed by atoms with Crippen LogP contribution in [-0.2, 0) is 0 Å². The Balaban J connectivity index is 4.66. The van der Waals surface area contributed by atoms with Gasteiger partial charge in [0.25, 0.3) is 0 Å². The number of nitrogens with two attached hydrogens (primary N) is 1. The van der Waals surface area contributed by atoms with Crippen molar-refractivity contribution in [3.05, 3.63) is 0 Å². The molecular weight excluding hydrogens is 200 g/mol. The van der Waals surface area contributed by atoms with Crippen molar-refractivity contribution in [2.45, 2.75) is 59.5 Å². The molecule has 0 radical (unpaired) electrons. The molecule has 0 aliphatic carbocycles. The van der Waals surface area contributed by atoms with E-state index in [0.717, 1.165) is 13.1 Å². The highest BCUT2D eigenvalue weighted by Gasteiger charge is 2.32. The van der Waals surface area contributed by atoms with E-state index in [0.29, 0.717) is 6.04 Å². The van der Waals surface area contributed by atoms with Gasteiger partial charge >= 0.3 is 0 Å². The minimum absolute atomic E-state index is 0.128. The van der Waals surface area contributed by atoms with Crippen LogP contribution in [0.2, 0.25) is 0 Å². The molecule has 0 amide bonds. The summed E-state index contributed by atoms with van der Waals surface area (Å²) in [4.78, 5) is 2.34. The van der Waals surface area contributed by atoms with E-state index in [1.807, 2.05) is 0 Å². The summed E-state index contributed by atoms with van der Waals surface area (Å²) >= 11 is 0. The Morgan fingerprint density at radius 3 is 2.12 bits per heavy atom. The first-order valence-corrected chi connectivity index (χ1v) is 6.45. The molecule has 0 aromatic heterocycles. The highest BCUT2D eigenvalue weighted by molar-refractivity contribution is 4.89. The monoisotopic (exact) mass is 230 g/mol. The molecule has 3 nitrogen and oxygen atoms in total. The third kappa shape index (κ3) is 5.28. The largest absolute Gasteiger partial charge is 0.395 e. The van der Waals surface area contributed by atoms with Crippen molar-refractivity contribution in [3.63, 3.8) is 0 Å². The normalized spacial score (nSPS) is 16.5. The minimum atomic E-state index is 0.128. The summed E-state index contributed by atoms with van der Waals surface area (Å²) < 4.78 is 0. The summed E-state index contributed by atoms with van der Waals surface area (Å²) in [7, 11) is 0. The Morgan fingerprint density at radius 1 is 1.25 bits per heavy atom. The fraction of sp³-hybridized carbons (Fsp3) is 1.00. The second kappa shape index (κ2) is 7.25. The topological polar surface area (TPSA) is 49.5 Å². The van der Waals surface area contributed by atoms with E-state index in [4.69, 9.17) is 10.8 Å². The van der Waals surface area contributed by atoms with E-state index in [-0.39, 0.29) is 18.1 Å². The smallest absolute Gasteiger partial charge is 0.0558 e. The molecule has 16 heavy (non-hydrogen) atoms. The van der Waals surface area contributed by atoms with E-state index < -0.39 is 0 Å². The maximum atomic E-state index is 9.15. The van der Waals surface area contributed by atoms with Gasteiger partial charge in [-0.05, 0) is 25.3 Å². The van der Waals surface area contributed by atoms with Crippen LogP contribution in [0.1, 0.15) is 47.5 Å². The Kier molecular flexibility index (Phi) is 7.20. The fourth-order valence-electron chi connectivity index (χ4n) is 2.55. The van der Waals surface area contributed by atoms with E-state index in [2.05, 4.69) is 39.5 Å². The zero-order valence-electron chi connectivity index (χ0n) is 11.7. The highest BCUT2D eigenvalue weighted by Crippen LogP contribution is 2.26. The van der Waals surface area contributed by atoms with Crippen molar-refractivity contribution in [1.82, 2.24) is 4.90 Å². The molecule has 3 heteroatoms. The zero-order valence-corrected chi connectivity index (χ0v) is 11.7. The lowest BCUT2D eigenvalue weighted by molar-refractivity contribution is 0.0640. The quantitative estimate of drug-likeness (QED) is 0.701. The average Bonchev–Trinajstić information content (AvgIpc) is 2.11. The summed E-state index contributed by atoms with van der Waals surface area (Å²) in [6.07, 6.45) is 2.34. The predicted octanol–water partition coefficient (Wildman–Crippen LogP) is 1.84. The molecule has 0 aromatic carbocycles. The van der Waals surface area contributed by atoms with Gasteiger partial charge in [0.15, 0.2) is 0 Å². The number of aliphatic hydroxyl groups excluding tert-OH is 1. The van der Waals surface area contributed by atoms with Gasteiger partial charge in [0.1, 0.15) is 0 Å². The summed E-state index contributed by atoms with van der Waals surface area (Å²) in [6, 6.07) is 0.453. The zero-order chi connectivity index (χ0) is 12.8. The molecule has 0 heterocycles. The molecule has 0 bridgehead atoms. The average molecular weight is 230 g/mol. The third-order valence-electron chi connectivity index (χ3n) is 2.96. The Labute approximate surface area is 101 Å². The molecule has 0 aromatic rings. The highest BCUT2D eigenvalue weighted by atomic mass is 16.3. The van der Waals surface area contributed by atoms with Gasteiger partial charge in [0.2, 0.25) is 0 Å². The molecule has 0 saturated heterocycles. The van der Waals surface area contributed by atoms with Crippen LogP contribution >= 0.6 is 0 Å². The third-order valence-corrected chi connectivity index (χ3v) is 2.96. The Bertz CT molecular complexity index is 175. The molecule has 0 spiro atoms. The van der Waals surface area contributed by atoms with Crippen molar-refractivity contribution in [3.8, 4) is 0 Å². The van der Waals surface area contributed by atoms with Gasteiger partial charge in [0.05, 0.1) is 6.61 Å². The van der Waals surface area contributed by atoms with E-state index in [1.54, 1.807) is 0 Å². The molecule has 98 valence electrons. The Hall–Kier alpha value is -0.120. The second-order valence-corrected chi connectivity index (χ2v) is 5.78. The molecule has 0 aliphatic heterocycles. The molecule has 2 atom stereocenters. The van der Waals surface area contributed by atoms with Crippen molar-refractivity contribution < 1.29 is 5.11 Å². The van der Waals surface area contributed by atoms with Crippen LogP contribution in [0.5, 0.6) is 0 Å². The van der Waals surface area contributed by atoms with Crippen LogP contribution in [0.3, 0.4) is 0 Å². The fourth-order valence-corrected chi connectivity index (χ4v) is 2.55. The SMILES string of the molecule is CCCCN(CCO)C(C(C)N)C(C)(C)C. The summed E-state index contributed by atoms with van der Waals surface area (Å²) in [6.45, 7) is 12.9. The summed E-state index contributed by atoms with van der Waals surface area (Å²) in [5, 5.41) is 9.15. The van der Waals surface area contributed by atoms with Gasteiger partial charge in [-0.3, -0.25) is 4.90 Å². The number of hydrogen-bond donors (Lipinski definition) is 2. The molecule has 3 N–H and O–H groups in total. The predicted molar refractivity (Wildman–Crippen MR) is 70.5 cm³/mol. The van der Waals surface area contributed by atoms with Gasteiger partial charge in [-0.1, -0.05) is 34.1 Å². The first-order valence-electron chi connectivity index (χ1n) is 6.45. The van der Waals surface area contributed by atoms with Gasteiger partial charge in [-0.2, -0.15) is 0 Å².